The molecule has 0 aliphatic rings. The van der Waals surface area contributed by atoms with E-state index in [1.165, 1.54) is 0 Å². The number of nitrogen functional groups attached to an aromatic ring is 1. The molecule has 1 heterocycles. The zero-order chi connectivity index (χ0) is 9.84. The Balaban J connectivity index is 2.88. The van der Waals surface area contributed by atoms with Crippen LogP contribution < -0.4 is 11.5 Å². The minimum Gasteiger partial charge on any atom is -0.384 e. The molecule has 0 aliphatic heterocycles. The maximum atomic E-state index is 5.98. The summed E-state index contributed by atoms with van der Waals surface area (Å²) in [6.07, 6.45) is 3.86. The van der Waals surface area contributed by atoms with E-state index in [0.29, 0.717) is 5.82 Å². The third kappa shape index (κ3) is 2.42. The molecule has 3 nitrogen and oxygen atoms in total. The number of hydrogen-bond donors (Lipinski definition) is 2. The van der Waals surface area contributed by atoms with Gasteiger partial charge in [0.25, 0.3) is 0 Å². The number of anilines is 1. The topological polar surface area (TPSA) is 64.9 Å². The van der Waals surface area contributed by atoms with Gasteiger partial charge in [-0.25, -0.2) is 4.98 Å². The number of rotatable bonds is 3. The lowest BCUT2D eigenvalue weighted by molar-refractivity contribution is 0.633. The fraction of sp³-hybridized carbons (Fsp3) is 0.500. The van der Waals surface area contributed by atoms with E-state index in [1.807, 2.05) is 13.0 Å². The molecule has 0 unspecified atom stereocenters. The molecule has 1 aromatic rings. The van der Waals surface area contributed by atoms with Crippen molar-refractivity contribution < 1.29 is 0 Å². The second kappa shape index (κ2) is 4.23. The maximum Gasteiger partial charge on any atom is 0.123 e. The van der Waals surface area contributed by atoms with Gasteiger partial charge in [0.2, 0.25) is 0 Å². The van der Waals surface area contributed by atoms with Crippen LogP contribution in [0.2, 0.25) is 0 Å². The number of nitrogens with two attached hydrogens (primary N) is 2. The molecule has 0 amide bonds. The Kier molecular flexibility index (Phi) is 3.25. The third-order valence-corrected chi connectivity index (χ3v) is 2.17. The van der Waals surface area contributed by atoms with E-state index >= 15 is 0 Å². The monoisotopic (exact) mass is 179 g/mol. The smallest absolute Gasteiger partial charge is 0.123 e. The van der Waals surface area contributed by atoms with Crippen LogP contribution in [-0.2, 0) is 0 Å². The summed E-state index contributed by atoms with van der Waals surface area (Å²) in [5.74, 6) is 0.560. The van der Waals surface area contributed by atoms with Gasteiger partial charge in [-0.2, -0.15) is 0 Å². The highest BCUT2D eigenvalue weighted by molar-refractivity contribution is 5.37. The van der Waals surface area contributed by atoms with Crippen molar-refractivity contribution in [3.63, 3.8) is 0 Å². The van der Waals surface area contributed by atoms with Gasteiger partial charge in [0.15, 0.2) is 0 Å². The van der Waals surface area contributed by atoms with Gasteiger partial charge in [0, 0.05) is 12.2 Å². The largest absolute Gasteiger partial charge is 0.384 e. The number of aryl methyl sites for hydroxylation is 1. The Morgan fingerprint density at radius 2 is 2.23 bits per heavy atom. The molecular formula is C10H17N3. The second-order valence-electron chi connectivity index (χ2n) is 3.36. The molecule has 0 aromatic carbocycles. The molecule has 0 aliphatic carbocycles. The van der Waals surface area contributed by atoms with Gasteiger partial charge >= 0.3 is 0 Å². The molecule has 3 heteroatoms. The van der Waals surface area contributed by atoms with Crippen molar-refractivity contribution in [2.24, 2.45) is 5.73 Å². The van der Waals surface area contributed by atoms with Crippen molar-refractivity contribution in [1.82, 2.24) is 4.98 Å². The highest BCUT2D eigenvalue weighted by Gasteiger charge is 2.08. The van der Waals surface area contributed by atoms with Crippen LogP contribution in [0.3, 0.4) is 0 Å². The Morgan fingerprint density at radius 1 is 1.54 bits per heavy atom. The summed E-state index contributed by atoms with van der Waals surface area (Å²) in [5, 5.41) is 0. The molecule has 0 radical (unpaired) electrons. The number of hydrogen-bond acceptors (Lipinski definition) is 3. The lowest BCUT2D eigenvalue weighted by atomic mass is 10.0. The first-order valence-corrected chi connectivity index (χ1v) is 4.62. The first kappa shape index (κ1) is 9.99. The molecule has 72 valence electrons. The van der Waals surface area contributed by atoms with Crippen molar-refractivity contribution in [2.75, 3.05) is 5.73 Å². The summed E-state index contributed by atoms with van der Waals surface area (Å²) in [4.78, 5) is 4.04. The summed E-state index contributed by atoms with van der Waals surface area (Å²) in [6.45, 7) is 4.14. The highest BCUT2D eigenvalue weighted by atomic mass is 14.8. The summed E-state index contributed by atoms with van der Waals surface area (Å²) in [6, 6.07) is 1.96. The third-order valence-electron chi connectivity index (χ3n) is 2.17. The molecule has 4 N–H and O–H groups in total. The minimum atomic E-state index is 0.0955. The molecular weight excluding hydrogens is 162 g/mol. The molecule has 1 aromatic heterocycles. The Labute approximate surface area is 79.2 Å². The molecule has 0 saturated carbocycles. The molecule has 1 rings (SSSR count). The normalized spacial score (nSPS) is 12.8. The van der Waals surface area contributed by atoms with Gasteiger partial charge in [-0.1, -0.05) is 13.3 Å². The predicted molar refractivity (Wildman–Crippen MR) is 55.2 cm³/mol. The van der Waals surface area contributed by atoms with E-state index in [1.54, 1.807) is 6.20 Å². The van der Waals surface area contributed by atoms with Crippen molar-refractivity contribution in [2.45, 2.75) is 32.7 Å². The second-order valence-corrected chi connectivity index (χ2v) is 3.36. The number of aromatic nitrogens is 1. The van der Waals surface area contributed by atoms with Crippen molar-refractivity contribution >= 4 is 5.82 Å². The Hall–Kier alpha value is -1.09. The highest BCUT2D eigenvalue weighted by Crippen LogP contribution is 2.19. The molecule has 13 heavy (non-hydrogen) atoms. The van der Waals surface area contributed by atoms with E-state index in [-0.39, 0.29) is 6.04 Å². The fourth-order valence-corrected chi connectivity index (χ4v) is 1.44. The molecule has 1 atom stereocenters. The predicted octanol–water partition coefficient (Wildman–Crippen LogP) is 1.77. The standard InChI is InChI=1S/C10H17N3/c1-3-4-9(11)8-6-13-10(12)5-7(8)2/h5-6,9H,3-4,11H2,1-2H3,(H2,12,13)/t9-/m0/s1. The summed E-state index contributed by atoms with van der Waals surface area (Å²) >= 11 is 0. The Bertz CT molecular complexity index is 283. The first-order valence-electron chi connectivity index (χ1n) is 4.62. The molecule has 0 bridgehead atoms. The van der Waals surface area contributed by atoms with Crippen LogP contribution in [0.4, 0.5) is 5.82 Å². The summed E-state index contributed by atoms with van der Waals surface area (Å²) in [5.41, 5.74) is 13.8. The average molecular weight is 179 g/mol. The van der Waals surface area contributed by atoms with Gasteiger partial charge in [-0.15, -0.1) is 0 Å². The zero-order valence-corrected chi connectivity index (χ0v) is 8.25. The van der Waals surface area contributed by atoms with E-state index in [0.717, 1.165) is 24.0 Å². The minimum absolute atomic E-state index is 0.0955. The zero-order valence-electron chi connectivity index (χ0n) is 8.25. The van der Waals surface area contributed by atoms with E-state index in [9.17, 15) is 0 Å². The van der Waals surface area contributed by atoms with Crippen LogP contribution in [0, 0.1) is 6.92 Å². The van der Waals surface area contributed by atoms with Crippen molar-refractivity contribution in [1.29, 1.82) is 0 Å². The Morgan fingerprint density at radius 3 is 2.77 bits per heavy atom. The average Bonchev–Trinajstić information content (AvgIpc) is 2.04. The molecule has 0 fully saturated rings. The van der Waals surface area contributed by atoms with Gasteiger partial charge in [-0.3, -0.25) is 0 Å². The van der Waals surface area contributed by atoms with E-state index in [4.69, 9.17) is 11.5 Å². The summed E-state index contributed by atoms with van der Waals surface area (Å²) in [7, 11) is 0. The van der Waals surface area contributed by atoms with Crippen LogP contribution in [0.15, 0.2) is 12.3 Å². The quantitative estimate of drug-likeness (QED) is 0.743. The van der Waals surface area contributed by atoms with Crippen LogP contribution in [0.25, 0.3) is 0 Å². The van der Waals surface area contributed by atoms with Gasteiger partial charge in [0.05, 0.1) is 0 Å². The van der Waals surface area contributed by atoms with E-state index in [2.05, 4.69) is 11.9 Å². The van der Waals surface area contributed by atoms with Crippen LogP contribution >= 0.6 is 0 Å². The van der Waals surface area contributed by atoms with Crippen LogP contribution in [-0.4, -0.2) is 4.98 Å². The number of nitrogens with zero attached hydrogens (tertiary/aromatic N) is 1. The fourth-order valence-electron chi connectivity index (χ4n) is 1.44. The number of pyridine rings is 1. The SMILES string of the molecule is CCC[C@H](N)c1cnc(N)cc1C. The summed E-state index contributed by atoms with van der Waals surface area (Å²) < 4.78 is 0. The van der Waals surface area contributed by atoms with Crippen LogP contribution in [0.5, 0.6) is 0 Å². The van der Waals surface area contributed by atoms with Gasteiger partial charge < -0.3 is 11.5 Å². The molecule has 0 spiro atoms. The van der Waals surface area contributed by atoms with Crippen molar-refractivity contribution in [3.05, 3.63) is 23.4 Å². The van der Waals surface area contributed by atoms with Crippen molar-refractivity contribution in [3.8, 4) is 0 Å². The lowest BCUT2D eigenvalue weighted by Crippen LogP contribution is -2.12. The first-order chi connectivity index (χ1) is 6.15. The van der Waals surface area contributed by atoms with Crippen LogP contribution in [0.1, 0.15) is 36.9 Å². The van der Waals surface area contributed by atoms with Gasteiger partial charge in [0.1, 0.15) is 5.82 Å². The molecule has 0 saturated heterocycles. The lowest BCUT2D eigenvalue weighted by Gasteiger charge is -2.13. The maximum absolute atomic E-state index is 5.98. The van der Waals surface area contributed by atoms with Gasteiger partial charge in [-0.05, 0) is 30.5 Å². The van der Waals surface area contributed by atoms with E-state index < -0.39 is 0 Å².